The number of ether oxygens (including phenoxy) is 2. The summed E-state index contributed by atoms with van der Waals surface area (Å²) in [6.45, 7) is 7.28. The number of nitrogens with zero attached hydrogens (tertiary/aromatic N) is 2. The summed E-state index contributed by atoms with van der Waals surface area (Å²) >= 11 is 0. The molecule has 0 spiro atoms. The van der Waals surface area contributed by atoms with Crippen molar-refractivity contribution in [2.45, 2.75) is 65.5 Å². The van der Waals surface area contributed by atoms with Crippen LogP contribution in [-0.4, -0.2) is 64.2 Å². The number of hydrogen-bond acceptors (Lipinski definition) is 6. The van der Waals surface area contributed by atoms with Gasteiger partial charge in [0.25, 0.3) is 0 Å². The minimum Gasteiger partial charge on any atom is -0.497 e. The van der Waals surface area contributed by atoms with Gasteiger partial charge in [0.15, 0.2) is 0 Å². The third-order valence-electron chi connectivity index (χ3n) is 6.32. The van der Waals surface area contributed by atoms with Crippen molar-refractivity contribution in [2.75, 3.05) is 37.4 Å². The summed E-state index contributed by atoms with van der Waals surface area (Å²) < 4.78 is 37.1. The maximum atomic E-state index is 13.5. The summed E-state index contributed by atoms with van der Waals surface area (Å²) in [5.41, 5.74) is 1.38. The van der Waals surface area contributed by atoms with Gasteiger partial charge in [0.1, 0.15) is 17.5 Å². The SMILES string of the molecule is CCCCNC(=O)C(CC)N(Cc1ccc(OC)cc1)C(=O)CCCN(c1ccc(OCC)cc1)S(C)(=O)=O. The fourth-order valence-electron chi connectivity index (χ4n) is 4.23. The molecule has 0 aliphatic heterocycles. The second-order valence-electron chi connectivity index (χ2n) is 9.30. The molecule has 1 N–H and O–H groups in total. The lowest BCUT2D eigenvalue weighted by Crippen LogP contribution is -2.49. The molecule has 39 heavy (non-hydrogen) atoms. The highest BCUT2D eigenvalue weighted by Crippen LogP contribution is 2.23. The quantitative estimate of drug-likeness (QED) is 0.288. The smallest absolute Gasteiger partial charge is 0.242 e. The van der Waals surface area contributed by atoms with Crippen LogP contribution in [0, 0.1) is 0 Å². The molecule has 0 fully saturated rings. The maximum absolute atomic E-state index is 13.5. The van der Waals surface area contributed by atoms with Gasteiger partial charge in [0, 0.05) is 26.1 Å². The third-order valence-corrected chi connectivity index (χ3v) is 7.51. The van der Waals surface area contributed by atoms with Crippen molar-refractivity contribution in [3.8, 4) is 11.5 Å². The first-order valence-electron chi connectivity index (χ1n) is 13.5. The molecular formula is C29H43N3O6S. The van der Waals surface area contributed by atoms with Crippen molar-refractivity contribution >= 4 is 27.5 Å². The molecule has 1 atom stereocenters. The van der Waals surface area contributed by atoms with Gasteiger partial charge >= 0.3 is 0 Å². The molecule has 0 aromatic heterocycles. The summed E-state index contributed by atoms with van der Waals surface area (Å²) in [6, 6.07) is 13.6. The van der Waals surface area contributed by atoms with E-state index in [0.29, 0.717) is 43.2 Å². The lowest BCUT2D eigenvalue weighted by Gasteiger charge is -2.31. The highest BCUT2D eigenvalue weighted by Gasteiger charge is 2.28. The largest absolute Gasteiger partial charge is 0.497 e. The topological polar surface area (TPSA) is 105 Å². The average molecular weight is 562 g/mol. The Morgan fingerprint density at radius 1 is 0.949 bits per heavy atom. The molecule has 2 rings (SSSR count). The zero-order chi connectivity index (χ0) is 28.8. The van der Waals surface area contributed by atoms with Crippen molar-refractivity contribution in [3.63, 3.8) is 0 Å². The Labute approximate surface area is 233 Å². The van der Waals surface area contributed by atoms with E-state index in [4.69, 9.17) is 9.47 Å². The summed E-state index contributed by atoms with van der Waals surface area (Å²) in [5, 5.41) is 2.95. The number of hydrogen-bond donors (Lipinski definition) is 1. The van der Waals surface area contributed by atoms with Crippen LogP contribution in [0.4, 0.5) is 5.69 Å². The van der Waals surface area contributed by atoms with E-state index >= 15 is 0 Å². The first-order chi connectivity index (χ1) is 18.6. The Bertz CT molecular complexity index is 1140. The van der Waals surface area contributed by atoms with Gasteiger partial charge < -0.3 is 19.7 Å². The molecule has 2 aromatic carbocycles. The average Bonchev–Trinajstić information content (AvgIpc) is 2.91. The van der Waals surface area contributed by atoms with Gasteiger partial charge in [-0.1, -0.05) is 32.4 Å². The molecule has 0 saturated carbocycles. The van der Waals surface area contributed by atoms with E-state index in [1.165, 1.54) is 4.31 Å². The molecular weight excluding hydrogens is 518 g/mol. The number of methoxy groups -OCH3 is 1. The summed E-state index contributed by atoms with van der Waals surface area (Å²) in [7, 11) is -1.98. The number of unbranched alkanes of at least 4 members (excludes halogenated alkanes) is 1. The van der Waals surface area contributed by atoms with E-state index in [9.17, 15) is 18.0 Å². The molecule has 9 nitrogen and oxygen atoms in total. The number of sulfonamides is 1. The van der Waals surface area contributed by atoms with Crippen molar-refractivity contribution in [3.05, 3.63) is 54.1 Å². The van der Waals surface area contributed by atoms with Crippen LogP contribution in [0.3, 0.4) is 0 Å². The van der Waals surface area contributed by atoms with Crippen LogP contribution in [-0.2, 0) is 26.2 Å². The normalized spacial score (nSPS) is 11.9. The van der Waals surface area contributed by atoms with Gasteiger partial charge in [0.2, 0.25) is 21.8 Å². The van der Waals surface area contributed by atoms with Gasteiger partial charge in [-0.15, -0.1) is 0 Å². The number of nitrogens with one attached hydrogen (secondary N) is 1. The van der Waals surface area contributed by atoms with E-state index < -0.39 is 16.1 Å². The van der Waals surface area contributed by atoms with Crippen molar-refractivity contribution in [2.24, 2.45) is 0 Å². The zero-order valence-corrected chi connectivity index (χ0v) is 24.6. The Hall–Kier alpha value is -3.27. The van der Waals surface area contributed by atoms with E-state index in [2.05, 4.69) is 12.2 Å². The van der Waals surface area contributed by atoms with Crippen LogP contribution in [0.15, 0.2) is 48.5 Å². The van der Waals surface area contributed by atoms with Crippen molar-refractivity contribution in [1.29, 1.82) is 0 Å². The number of carbonyl (C=O) groups excluding carboxylic acids is 2. The first-order valence-corrected chi connectivity index (χ1v) is 15.4. The predicted octanol–water partition coefficient (Wildman–Crippen LogP) is 4.36. The third kappa shape index (κ3) is 10.1. The first kappa shape index (κ1) is 31.9. The summed E-state index contributed by atoms with van der Waals surface area (Å²) in [5.74, 6) is 0.974. The van der Waals surface area contributed by atoms with Gasteiger partial charge in [-0.05, 0) is 68.1 Å². The Balaban J connectivity index is 2.19. The van der Waals surface area contributed by atoms with E-state index in [1.807, 2.05) is 38.1 Å². The molecule has 0 aliphatic rings. The van der Waals surface area contributed by atoms with Crippen LogP contribution in [0.5, 0.6) is 11.5 Å². The highest BCUT2D eigenvalue weighted by molar-refractivity contribution is 7.92. The summed E-state index contributed by atoms with van der Waals surface area (Å²) in [6.07, 6.45) is 3.82. The van der Waals surface area contributed by atoms with Gasteiger partial charge in [0.05, 0.1) is 25.7 Å². The monoisotopic (exact) mass is 561 g/mol. The minimum absolute atomic E-state index is 0.0952. The van der Waals surface area contributed by atoms with E-state index in [-0.39, 0.29) is 31.3 Å². The lowest BCUT2D eigenvalue weighted by atomic mass is 10.1. The molecule has 216 valence electrons. The maximum Gasteiger partial charge on any atom is 0.242 e. The Morgan fingerprint density at radius 3 is 2.13 bits per heavy atom. The van der Waals surface area contributed by atoms with Gasteiger partial charge in [-0.3, -0.25) is 13.9 Å². The molecule has 0 saturated heterocycles. The predicted molar refractivity (Wildman–Crippen MR) is 155 cm³/mol. The fourth-order valence-corrected chi connectivity index (χ4v) is 5.20. The summed E-state index contributed by atoms with van der Waals surface area (Å²) in [4.78, 5) is 28.2. The lowest BCUT2D eigenvalue weighted by molar-refractivity contribution is -0.141. The van der Waals surface area contributed by atoms with Crippen molar-refractivity contribution in [1.82, 2.24) is 10.2 Å². The number of rotatable bonds is 17. The second kappa shape index (κ2) is 16.0. The number of carbonyl (C=O) groups is 2. The van der Waals surface area contributed by atoms with Crippen LogP contribution in [0.1, 0.15) is 58.4 Å². The molecule has 0 bridgehead atoms. The standard InChI is InChI=1S/C29H43N3O6S/c1-6-9-20-30-29(34)27(7-2)31(22-23-12-16-25(37-4)17-13-23)28(33)11-10-21-32(39(5,35)36)24-14-18-26(19-15-24)38-8-3/h12-19,27H,6-11,20-22H2,1-5H3,(H,30,34). The molecule has 10 heteroatoms. The van der Waals surface area contributed by atoms with Crippen LogP contribution in [0.25, 0.3) is 0 Å². The fraction of sp³-hybridized carbons (Fsp3) is 0.517. The van der Waals surface area contributed by atoms with Crippen LogP contribution >= 0.6 is 0 Å². The number of anilines is 1. The van der Waals surface area contributed by atoms with Gasteiger partial charge in [-0.2, -0.15) is 0 Å². The highest BCUT2D eigenvalue weighted by atomic mass is 32.2. The van der Waals surface area contributed by atoms with Crippen LogP contribution < -0.4 is 19.1 Å². The van der Waals surface area contributed by atoms with E-state index in [0.717, 1.165) is 24.7 Å². The zero-order valence-electron chi connectivity index (χ0n) is 23.8. The van der Waals surface area contributed by atoms with E-state index in [1.54, 1.807) is 36.3 Å². The Morgan fingerprint density at radius 2 is 1.59 bits per heavy atom. The molecule has 0 heterocycles. The van der Waals surface area contributed by atoms with Crippen LogP contribution in [0.2, 0.25) is 0 Å². The minimum atomic E-state index is -3.57. The molecule has 2 aromatic rings. The Kier molecular flexibility index (Phi) is 13.1. The molecule has 0 aliphatic carbocycles. The van der Waals surface area contributed by atoms with Gasteiger partial charge in [-0.25, -0.2) is 8.42 Å². The number of benzene rings is 2. The molecule has 1 unspecified atom stereocenters. The second-order valence-corrected chi connectivity index (χ2v) is 11.2. The number of amides is 2. The molecule has 2 amide bonds. The molecule has 0 radical (unpaired) electrons. The van der Waals surface area contributed by atoms with Crippen molar-refractivity contribution < 1.29 is 27.5 Å².